The lowest BCUT2D eigenvalue weighted by molar-refractivity contribution is 0.0943. The largest absolute Gasteiger partial charge is 0.494 e. The van der Waals surface area contributed by atoms with E-state index >= 15 is 0 Å². The van der Waals surface area contributed by atoms with Crippen molar-refractivity contribution in [2.45, 2.75) is 31.1 Å². The number of carbonyl (C=O) groups is 1. The normalized spacial score (nSPS) is 22.4. The first-order valence-electron chi connectivity index (χ1n) is 6.87. The summed E-state index contributed by atoms with van der Waals surface area (Å²) in [5.74, 6) is -0.308. The lowest BCUT2D eigenvalue weighted by Crippen LogP contribution is -2.34. The van der Waals surface area contributed by atoms with E-state index in [0.717, 1.165) is 25.7 Å². The smallest absolute Gasteiger partial charge is 0.251 e. The fraction of sp³-hybridized carbons (Fsp3) is 0.533. The van der Waals surface area contributed by atoms with E-state index in [1.165, 1.54) is 25.3 Å². The Morgan fingerprint density at radius 3 is 2.90 bits per heavy atom. The molecule has 1 amide bonds. The van der Waals surface area contributed by atoms with Gasteiger partial charge in [-0.05, 0) is 37.0 Å². The molecule has 20 heavy (non-hydrogen) atoms. The highest BCUT2D eigenvalue weighted by atomic mass is 35.5. The lowest BCUT2D eigenvalue weighted by atomic mass is 9.88. The molecule has 2 atom stereocenters. The van der Waals surface area contributed by atoms with E-state index in [1.807, 2.05) is 0 Å². The summed E-state index contributed by atoms with van der Waals surface area (Å²) in [4.78, 5) is 12.0. The van der Waals surface area contributed by atoms with Crippen LogP contribution in [0.2, 0.25) is 0 Å². The Hall–Kier alpha value is -1.29. The molecular formula is C15H19ClFNO2. The molecule has 1 N–H and O–H groups in total. The van der Waals surface area contributed by atoms with Gasteiger partial charge in [-0.15, -0.1) is 11.6 Å². The van der Waals surface area contributed by atoms with Crippen molar-refractivity contribution in [3.63, 3.8) is 0 Å². The minimum Gasteiger partial charge on any atom is -0.494 e. The average Bonchev–Trinajstić information content (AvgIpc) is 2.46. The molecule has 1 aliphatic carbocycles. The molecule has 1 aromatic carbocycles. The van der Waals surface area contributed by atoms with E-state index in [4.69, 9.17) is 16.3 Å². The third-order valence-electron chi connectivity index (χ3n) is 3.75. The second-order valence-corrected chi connectivity index (χ2v) is 5.68. The molecule has 0 saturated heterocycles. The fourth-order valence-electron chi connectivity index (χ4n) is 2.52. The summed E-state index contributed by atoms with van der Waals surface area (Å²) in [6.07, 6.45) is 4.37. The molecule has 2 rings (SSSR count). The van der Waals surface area contributed by atoms with E-state index in [-0.39, 0.29) is 17.0 Å². The number of nitrogens with one attached hydrogen (secondary N) is 1. The van der Waals surface area contributed by atoms with Crippen LogP contribution in [-0.4, -0.2) is 24.9 Å². The van der Waals surface area contributed by atoms with Gasteiger partial charge in [0.1, 0.15) is 0 Å². The first kappa shape index (κ1) is 15.1. The van der Waals surface area contributed by atoms with Gasteiger partial charge < -0.3 is 10.1 Å². The van der Waals surface area contributed by atoms with Gasteiger partial charge in [0.05, 0.1) is 7.11 Å². The van der Waals surface area contributed by atoms with Crippen LogP contribution in [0.1, 0.15) is 36.0 Å². The number of ether oxygens (including phenoxy) is 1. The first-order chi connectivity index (χ1) is 9.61. The number of methoxy groups -OCH3 is 1. The quantitative estimate of drug-likeness (QED) is 0.866. The minimum absolute atomic E-state index is 0.0746. The van der Waals surface area contributed by atoms with Crippen molar-refractivity contribution in [3.05, 3.63) is 29.6 Å². The van der Waals surface area contributed by atoms with Crippen molar-refractivity contribution in [1.82, 2.24) is 5.32 Å². The maximum atomic E-state index is 13.3. The SMILES string of the molecule is COc1cc(C(=O)NCC2CCCCC2Cl)ccc1F. The van der Waals surface area contributed by atoms with Crippen LogP contribution in [0, 0.1) is 11.7 Å². The van der Waals surface area contributed by atoms with Crippen molar-refractivity contribution in [2.24, 2.45) is 5.92 Å². The molecule has 1 saturated carbocycles. The Morgan fingerprint density at radius 1 is 1.45 bits per heavy atom. The Balaban J connectivity index is 1.94. The van der Waals surface area contributed by atoms with Crippen molar-refractivity contribution < 1.29 is 13.9 Å². The number of benzene rings is 1. The maximum absolute atomic E-state index is 13.3. The molecule has 0 radical (unpaired) electrons. The molecule has 0 heterocycles. The summed E-state index contributed by atoms with van der Waals surface area (Å²) >= 11 is 6.26. The summed E-state index contributed by atoms with van der Waals surface area (Å²) in [6, 6.07) is 4.09. The van der Waals surface area contributed by atoms with Gasteiger partial charge in [-0.1, -0.05) is 12.8 Å². The van der Waals surface area contributed by atoms with Crippen molar-refractivity contribution in [2.75, 3.05) is 13.7 Å². The van der Waals surface area contributed by atoms with Crippen LogP contribution in [0.3, 0.4) is 0 Å². The maximum Gasteiger partial charge on any atom is 0.251 e. The molecule has 1 aliphatic rings. The van der Waals surface area contributed by atoms with Gasteiger partial charge in [0.2, 0.25) is 0 Å². The zero-order chi connectivity index (χ0) is 14.5. The summed E-state index contributed by atoms with van der Waals surface area (Å²) in [6.45, 7) is 0.562. The molecule has 0 spiro atoms. The van der Waals surface area contributed by atoms with E-state index in [0.29, 0.717) is 18.0 Å². The van der Waals surface area contributed by atoms with Crippen LogP contribution < -0.4 is 10.1 Å². The molecule has 5 heteroatoms. The van der Waals surface area contributed by atoms with Crippen LogP contribution in [0.25, 0.3) is 0 Å². The standard InChI is InChI=1S/C15H19ClFNO2/c1-20-14-8-10(6-7-13(14)17)15(19)18-9-11-4-2-3-5-12(11)16/h6-8,11-12H,2-5,9H2,1H3,(H,18,19). The number of alkyl halides is 1. The number of hydrogen-bond acceptors (Lipinski definition) is 2. The van der Waals surface area contributed by atoms with Gasteiger partial charge >= 0.3 is 0 Å². The monoisotopic (exact) mass is 299 g/mol. The van der Waals surface area contributed by atoms with Crippen molar-refractivity contribution >= 4 is 17.5 Å². The van der Waals surface area contributed by atoms with Gasteiger partial charge in [0, 0.05) is 17.5 Å². The molecule has 0 bridgehead atoms. The van der Waals surface area contributed by atoms with Crippen LogP contribution in [0.5, 0.6) is 5.75 Å². The third-order valence-corrected chi connectivity index (χ3v) is 4.33. The van der Waals surface area contributed by atoms with E-state index < -0.39 is 5.82 Å². The summed E-state index contributed by atoms with van der Waals surface area (Å²) in [7, 11) is 1.38. The van der Waals surface area contributed by atoms with Crippen molar-refractivity contribution in [1.29, 1.82) is 0 Å². The van der Waals surface area contributed by atoms with Gasteiger partial charge in [-0.3, -0.25) is 4.79 Å². The Morgan fingerprint density at radius 2 is 2.20 bits per heavy atom. The number of carbonyl (C=O) groups excluding carboxylic acids is 1. The molecule has 3 nitrogen and oxygen atoms in total. The lowest BCUT2D eigenvalue weighted by Gasteiger charge is -2.27. The van der Waals surface area contributed by atoms with Crippen LogP contribution >= 0.6 is 11.6 Å². The highest BCUT2D eigenvalue weighted by Crippen LogP contribution is 2.28. The number of hydrogen-bond donors (Lipinski definition) is 1. The molecule has 2 unspecified atom stereocenters. The third kappa shape index (κ3) is 3.63. The summed E-state index contributed by atoms with van der Waals surface area (Å²) in [5.41, 5.74) is 0.394. The second-order valence-electron chi connectivity index (χ2n) is 5.12. The second kappa shape index (κ2) is 6.93. The fourth-order valence-corrected chi connectivity index (χ4v) is 2.89. The zero-order valence-electron chi connectivity index (χ0n) is 11.5. The van der Waals surface area contributed by atoms with Gasteiger partial charge in [0.15, 0.2) is 11.6 Å². The van der Waals surface area contributed by atoms with E-state index in [2.05, 4.69) is 5.32 Å². The highest BCUT2D eigenvalue weighted by molar-refractivity contribution is 6.20. The molecule has 0 aromatic heterocycles. The number of rotatable bonds is 4. The predicted octanol–water partition coefficient (Wildman–Crippen LogP) is 3.36. The van der Waals surface area contributed by atoms with E-state index in [1.54, 1.807) is 0 Å². The topological polar surface area (TPSA) is 38.3 Å². The number of halogens is 2. The van der Waals surface area contributed by atoms with Crippen LogP contribution in [0.4, 0.5) is 4.39 Å². The zero-order valence-corrected chi connectivity index (χ0v) is 12.3. The summed E-state index contributed by atoms with van der Waals surface area (Å²) in [5, 5.41) is 3.00. The molecular weight excluding hydrogens is 281 g/mol. The average molecular weight is 300 g/mol. The van der Waals surface area contributed by atoms with Crippen LogP contribution in [-0.2, 0) is 0 Å². The molecule has 0 aliphatic heterocycles. The molecule has 110 valence electrons. The predicted molar refractivity (Wildman–Crippen MR) is 76.9 cm³/mol. The highest BCUT2D eigenvalue weighted by Gasteiger charge is 2.23. The first-order valence-corrected chi connectivity index (χ1v) is 7.31. The number of amides is 1. The molecule has 1 fully saturated rings. The van der Waals surface area contributed by atoms with E-state index in [9.17, 15) is 9.18 Å². The summed E-state index contributed by atoms with van der Waals surface area (Å²) < 4.78 is 18.2. The van der Waals surface area contributed by atoms with Crippen molar-refractivity contribution in [3.8, 4) is 5.75 Å². The molecule has 1 aromatic rings. The van der Waals surface area contributed by atoms with Gasteiger partial charge in [0.25, 0.3) is 5.91 Å². The minimum atomic E-state index is -0.475. The van der Waals surface area contributed by atoms with Crippen LogP contribution in [0.15, 0.2) is 18.2 Å². The Labute approximate surface area is 123 Å². The Kier molecular flexibility index (Phi) is 5.24. The van der Waals surface area contributed by atoms with Gasteiger partial charge in [-0.2, -0.15) is 0 Å². The Bertz CT molecular complexity index is 481. The van der Waals surface area contributed by atoms with Gasteiger partial charge in [-0.25, -0.2) is 4.39 Å².